The molecule has 0 bridgehead atoms. The Balaban J connectivity index is 1.28. The molecule has 3 rings (SSSR count). The van der Waals surface area contributed by atoms with E-state index in [1.165, 1.54) is 89.9 Å². The van der Waals surface area contributed by atoms with E-state index in [9.17, 15) is 50.4 Å². The zero-order chi connectivity index (χ0) is 41.9. The Morgan fingerprint density at radius 2 is 1.12 bits per heavy atom. The molecule has 14 heteroatoms. The molecular formula is C43H78O14. The summed E-state index contributed by atoms with van der Waals surface area (Å²) in [5.74, 6) is -1.03. The average Bonchev–Trinajstić information content (AvgIpc) is 3.93. The summed E-state index contributed by atoms with van der Waals surface area (Å²) in [5, 5.41) is 82.2. The molecule has 0 aromatic heterocycles. The van der Waals surface area contributed by atoms with Gasteiger partial charge < -0.3 is 59.8 Å². The second kappa shape index (κ2) is 26.8. The number of aliphatic hydroxyl groups is 8. The van der Waals surface area contributed by atoms with Crippen LogP contribution in [-0.4, -0.2) is 133 Å². The SMILES string of the molecule is CCCCCCCCCCCCCCCCCC[C@H](C)C(=O)C[C@@H]1C[C@@H]1C[C@@H](O)[C@@H](CC)C(=O)OCC1OC(OC2OC(CO)C(O)C(O)C2O)C(O)C(O)C1O. The molecule has 0 aromatic carbocycles. The van der Waals surface area contributed by atoms with Crippen molar-refractivity contribution in [1.82, 2.24) is 0 Å². The average molecular weight is 819 g/mol. The van der Waals surface area contributed by atoms with Crippen molar-refractivity contribution in [2.24, 2.45) is 23.7 Å². The van der Waals surface area contributed by atoms with Crippen LogP contribution in [0.1, 0.15) is 156 Å². The normalized spacial score (nSPS) is 33.1. The summed E-state index contributed by atoms with van der Waals surface area (Å²) in [6.07, 6.45) is 6.19. The van der Waals surface area contributed by atoms with Gasteiger partial charge >= 0.3 is 5.97 Å². The Kier molecular flexibility index (Phi) is 23.5. The molecule has 2 heterocycles. The topological polar surface area (TPSA) is 233 Å². The highest BCUT2D eigenvalue weighted by atomic mass is 16.8. The van der Waals surface area contributed by atoms with E-state index in [1.807, 2.05) is 6.92 Å². The summed E-state index contributed by atoms with van der Waals surface area (Å²) in [6.45, 7) is 4.72. The van der Waals surface area contributed by atoms with Crippen LogP contribution in [0.25, 0.3) is 0 Å². The molecule has 2 aliphatic heterocycles. The van der Waals surface area contributed by atoms with Crippen molar-refractivity contribution in [3.8, 4) is 0 Å². The molecule has 0 amide bonds. The molecule has 57 heavy (non-hydrogen) atoms. The lowest BCUT2D eigenvalue weighted by Gasteiger charge is -2.44. The van der Waals surface area contributed by atoms with Gasteiger partial charge in [0.2, 0.25) is 0 Å². The fraction of sp³-hybridized carbons (Fsp3) is 0.953. The molecule has 3 fully saturated rings. The van der Waals surface area contributed by atoms with Crippen LogP contribution in [0, 0.1) is 23.7 Å². The number of carbonyl (C=O) groups excluding carboxylic acids is 2. The zero-order valence-corrected chi connectivity index (χ0v) is 35.0. The first-order chi connectivity index (χ1) is 27.3. The van der Waals surface area contributed by atoms with E-state index in [0.29, 0.717) is 12.8 Å². The summed E-state index contributed by atoms with van der Waals surface area (Å²) in [5.41, 5.74) is 0. The Morgan fingerprint density at radius 3 is 1.61 bits per heavy atom. The highest BCUT2D eigenvalue weighted by Gasteiger charge is 2.50. The second-order valence-corrected chi connectivity index (χ2v) is 17.2. The van der Waals surface area contributed by atoms with Gasteiger partial charge in [-0.05, 0) is 37.5 Å². The third-order valence-corrected chi connectivity index (χ3v) is 12.5. The Hall–Kier alpha value is -1.30. The summed E-state index contributed by atoms with van der Waals surface area (Å²) in [7, 11) is 0. The van der Waals surface area contributed by atoms with Crippen LogP contribution in [0.3, 0.4) is 0 Å². The van der Waals surface area contributed by atoms with Crippen LogP contribution in [-0.2, 0) is 28.5 Å². The van der Waals surface area contributed by atoms with Gasteiger partial charge in [-0.3, -0.25) is 9.59 Å². The predicted octanol–water partition coefficient (Wildman–Crippen LogP) is 3.81. The van der Waals surface area contributed by atoms with Gasteiger partial charge in [-0.1, -0.05) is 124 Å². The number of rotatable bonds is 30. The maximum absolute atomic E-state index is 13.1. The zero-order valence-electron chi connectivity index (χ0n) is 35.0. The molecule has 8 N–H and O–H groups in total. The van der Waals surface area contributed by atoms with Crippen molar-refractivity contribution >= 4 is 11.8 Å². The highest BCUT2D eigenvalue weighted by Crippen LogP contribution is 2.46. The van der Waals surface area contributed by atoms with E-state index < -0.39 is 92.6 Å². The number of ether oxygens (including phenoxy) is 4. The lowest BCUT2D eigenvalue weighted by Crippen LogP contribution is -2.63. The van der Waals surface area contributed by atoms with Crippen molar-refractivity contribution in [3.63, 3.8) is 0 Å². The predicted molar refractivity (Wildman–Crippen MR) is 211 cm³/mol. The lowest BCUT2D eigenvalue weighted by atomic mass is 9.92. The second-order valence-electron chi connectivity index (χ2n) is 17.2. The third kappa shape index (κ3) is 16.6. The van der Waals surface area contributed by atoms with Gasteiger partial charge in [0.15, 0.2) is 12.6 Å². The first-order valence-electron chi connectivity index (χ1n) is 22.4. The summed E-state index contributed by atoms with van der Waals surface area (Å²) >= 11 is 0. The highest BCUT2D eigenvalue weighted by molar-refractivity contribution is 5.81. The van der Waals surface area contributed by atoms with Crippen LogP contribution >= 0.6 is 0 Å². The lowest BCUT2D eigenvalue weighted by molar-refractivity contribution is -0.376. The van der Waals surface area contributed by atoms with E-state index in [1.54, 1.807) is 6.92 Å². The smallest absolute Gasteiger partial charge is 0.311 e. The number of ketones is 1. The molecule has 1 saturated carbocycles. The Labute approximate surface area is 340 Å². The monoisotopic (exact) mass is 819 g/mol. The van der Waals surface area contributed by atoms with Gasteiger partial charge in [0.1, 0.15) is 61.2 Å². The molecule has 334 valence electrons. The van der Waals surface area contributed by atoms with E-state index in [-0.39, 0.29) is 30.0 Å². The standard InChI is InChI=1S/C43H78O14/c1-4-6-7-8-9-10-11-12-13-14-15-16-17-18-19-20-21-27(3)31(45)23-28-22-29(28)24-32(46)30(5-2)41(53)54-26-34-36(48)38(50)40(52)43(56-34)57-42-39(51)37(49)35(47)33(25-44)55-42/h27-30,32-40,42-44,46-52H,4-26H2,1-3H3/t27-,28-,29+,30+,32+,33?,34?,35?,36?,37?,38?,39?,40?,42?,43?/m0/s1. The molecule has 15 atom stereocenters. The maximum atomic E-state index is 13.1. The first kappa shape index (κ1) is 50.1. The number of hydrogen-bond acceptors (Lipinski definition) is 14. The van der Waals surface area contributed by atoms with Crippen molar-refractivity contribution < 1.29 is 69.4 Å². The van der Waals surface area contributed by atoms with Crippen molar-refractivity contribution in [1.29, 1.82) is 0 Å². The van der Waals surface area contributed by atoms with Crippen molar-refractivity contribution in [3.05, 3.63) is 0 Å². The van der Waals surface area contributed by atoms with Crippen molar-refractivity contribution in [2.75, 3.05) is 13.2 Å². The number of hydrogen-bond donors (Lipinski definition) is 8. The van der Waals surface area contributed by atoms with E-state index in [2.05, 4.69) is 6.92 Å². The Morgan fingerprint density at radius 1 is 0.649 bits per heavy atom. The maximum Gasteiger partial charge on any atom is 0.311 e. The van der Waals surface area contributed by atoms with Crippen molar-refractivity contribution in [2.45, 2.75) is 223 Å². The molecule has 14 nitrogen and oxygen atoms in total. The minimum absolute atomic E-state index is 0.0142. The largest absolute Gasteiger partial charge is 0.463 e. The van der Waals surface area contributed by atoms with Gasteiger partial charge in [-0.25, -0.2) is 0 Å². The molecule has 0 aromatic rings. The first-order valence-corrected chi connectivity index (χ1v) is 22.4. The minimum atomic E-state index is -1.84. The summed E-state index contributed by atoms with van der Waals surface area (Å²) in [6, 6.07) is 0. The molecule has 0 spiro atoms. The number of carbonyl (C=O) groups is 2. The van der Waals surface area contributed by atoms with Gasteiger partial charge in [0, 0.05) is 12.3 Å². The van der Waals surface area contributed by atoms with Gasteiger partial charge in [0.05, 0.1) is 18.6 Å². The van der Waals surface area contributed by atoms with Gasteiger partial charge in [-0.15, -0.1) is 0 Å². The number of Topliss-reactive ketones (excluding diaryl/α,β-unsaturated/α-hetero) is 1. The molecule has 0 radical (unpaired) electrons. The van der Waals surface area contributed by atoms with Gasteiger partial charge in [-0.2, -0.15) is 0 Å². The van der Waals surface area contributed by atoms with Crippen LogP contribution in [0.15, 0.2) is 0 Å². The van der Waals surface area contributed by atoms with Gasteiger partial charge in [0.25, 0.3) is 0 Å². The number of aliphatic hydroxyl groups excluding tert-OH is 8. The molecular weight excluding hydrogens is 740 g/mol. The van der Waals surface area contributed by atoms with E-state index in [4.69, 9.17) is 18.9 Å². The van der Waals surface area contributed by atoms with Crippen LogP contribution < -0.4 is 0 Å². The molecule has 10 unspecified atom stereocenters. The Bertz CT molecular complexity index is 1110. The van der Waals surface area contributed by atoms with E-state index in [0.717, 1.165) is 25.7 Å². The molecule has 3 aliphatic rings. The van der Waals surface area contributed by atoms with Crippen LogP contribution in [0.5, 0.6) is 0 Å². The molecule has 2 saturated heterocycles. The minimum Gasteiger partial charge on any atom is -0.463 e. The number of unbranched alkanes of at least 4 members (excludes halogenated alkanes) is 15. The fourth-order valence-electron chi connectivity index (χ4n) is 8.29. The quantitative estimate of drug-likeness (QED) is 0.0381. The number of esters is 1. The summed E-state index contributed by atoms with van der Waals surface area (Å²) in [4.78, 5) is 26.0. The fourth-order valence-corrected chi connectivity index (χ4v) is 8.29. The third-order valence-electron chi connectivity index (χ3n) is 12.5. The summed E-state index contributed by atoms with van der Waals surface area (Å²) < 4.78 is 21.7. The van der Waals surface area contributed by atoms with Crippen LogP contribution in [0.2, 0.25) is 0 Å². The van der Waals surface area contributed by atoms with E-state index >= 15 is 0 Å². The van der Waals surface area contributed by atoms with Crippen LogP contribution in [0.4, 0.5) is 0 Å². The molecule has 1 aliphatic carbocycles.